The molecule has 15 heavy (non-hydrogen) atoms. The van der Waals surface area contributed by atoms with Gasteiger partial charge in [-0.25, -0.2) is 4.79 Å². The first-order chi connectivity index (χ1) is 7.25. The van der Waals surface area contributed by atoms with Crippen molar-refractivity contribution in [3.8, 4) is 0 Å². The molecule has 1 aliphatic rings. The normalized spacial score (nSPS) is 24.0. The van der Waals surface area contributed by atoms with Crippen molar-refractivity contribution in [2.75, 3.05) is 0 Å². The van der Waals surface area contributed by atoms with E-state index in [0.29, 0.717) is 5.92 Å². The van der Waals surface area contributed by atoms with Crippen LogP contribution in [-0.4, -0.2) is 22.2 Å². The highest BCUT2D eigenvalue weighted by Crippen LogP contribution is 2.32. The van der Waals surface area contributed by atoms with Crippen LogP contribution in [0, 0.1) is 5.92 Å². The molecule has 0 aromatic carbocycles. The van der Waals surface area contributed by atoms with E-state index in [4.69, 9.17) is 5.11 Å². The molecule has 1 saturated carbocycles. The number of carbonyl (C=O) groups is 1. The number of rotatable bonds is 3. The minimum atomic E-state index is -0.947. The van der Waals surface area contributed by atoms with Gasteiger partial charge in [0, 0.05) is 18.4 Å². The van der Waals surface area contributed by atoms with Gasteiger partial charge in [0.15, 0.2) is 0 Å². The molecule has 1 amide bonds. The zero-order valence-electron chi connectivity index (χ0n) is 8.13. The van der Waals surface area contributed by atoms with Gasteiger partial charge < -0.3 is 10.4 Å². The average Bonchev–Trinajstić information content (AvgIpc) is 2.94. The molecule has 0 saturated heterocycles. The molecular formula is C11H12N2O2. The molecule has 0 spiro atoms. The zero-order valence-corrected chi connectivity index (χ0v) is 8.13. The van der Waals surface area contributed by atoms with E-state index < -0.39 is 6.09 Å². The van der Waals surface area contributed by atoms with Gasteiger partial charge in [0.05, 0.1) is 0 Å². The lowest BCUT2D eigenvalue weighted by molar-refractivity contribution is 0.193. The van der Waals surface area contributed by atoms with Crippen molar-refractivity contribution >= 4 is 12.2 Å². The average molecular weight is 204 g/mol. The van der Waals surface area contributed by atoms with E-state index in [9.17, 15) is 4.79 Å². The van der Waals surface area contributed by atoms with E-state index in [1.807, 2.05) is 24.3 Å². The fraction of sp³-hybridized carbons (Fsp3) is 0.273. The molecule has 78 valence electrons. The Kier molecular flexibility index (Phi) is 2.67. The smallest absolute Gasteiger partial charge is 0.404 e. The maximum atomic E-state index is 10.3. The molecule has 1 aliphatic carbocycles. The second kappa shape index (κ2) is 4.13. The SMILES string of the molecule is O=C(O)NC1CC1C=Cc1cccnc1. The molecule has 2 N–H and O–H groups in total. The van der Waals surface area contributed by atoms with Gasteiger partial charge in [0.25, 0.3) is 0 Å². The summed E-state index contributed by atoms with van der Waals surface area (Å²) in [7, 11) is 0. The number of nitrogens with zero attached hydrogens (tertiary/aromatic N) is 1. The fourth-order valence-electron chi connectivity index (χ4n) is 1.46. The standard InChI is InChI=1S/C11H12N2O2/c14-11(15)13-10-6-9(10)4-3-8-2-1-5-12-7-8/h1-5,7,9-10,13H,6H2,(H,14,15). The highest BCUT2D eigenvalue weighted by Gasteiger charge is 2.35. The van der Waals surface area contributed by atoms with Crippen LogP contribution in [-0.2, 0) is 0 Å². The van der Waals surface area contributed by atoms with E-state index in [1.165, 1.54) is 0 Å². The first-order valence-electron chi connectivity index (χ1n) is 4.83. The zero-order chi connectivity index (χ0) is 10.7. The number of carboxylic acid groups (broad SMARTS) is 1. The van der Waals surface area contributed by atoms with Crippen LogP contribution < -0.4 is 5.32 Å². The Morgan fingerprint density at radius 2 is 2.53 bits per heavy atom. The van der Waals surface area contributed by atoms with Crippen LogP contribution in [0.4, 0.5) is 4.79 Å². The van der Waals surface area contributed by atoms with Crippen LogP contribution >= 0.6 is 0 Å². The number of pyridine rings is 1. The Labute approximate surface area is 87.7 Å². The Hall–Kier alpha value is -1.84. The third kappa shape index (κ3) is 2.80. The van der Waals surface area contributed by atoms with E-state index in [2.05, 4.69) is 10.3 Å². The summed E-state index contributed by atoms with van der Waals surface area (Å²) in [4.78, 5) is 14.3. The molecule has 0 aliphatic heterocycles. The van der Waals surface area contributed by atoms with Gasteiger partial charge in [-0.3, -0.25) is 4.98 Å². The first-order valence-corrected chi connectivity index (χ1v) is 4.83. The summed E-state index contributed by atoms with van der Waals surface area (Å²) in [6.07, 6.45) is 7.45. The highest BCUT2D eigenvalue weighted by molar-refractivity contribution is 5.65. The molecule has 2 unspecified atom stereocenters. The van der Waals surface area contributed by atoms with E-state index >= 15 is 0 Å². The van der Waals surface area contributed by atoms with Crippen LogP contribution in [0.1, 0.15) is 12.0 Å². The fourth-order valence-corrected chi connectivity index (χ4v) is 1.46. The first kappa shape index (κ1) is 9.71. The Bertz CT molecular complexity index is 375. The van der Waals surface area contributed by atoms with Crippen molar-refractivity contribution in [2.24, 2.45) is 5.92 Å². The second-order valence-electron chi connectivity index (χ2n) is 3.60. The lowest BCUT2D eigenvalue weighted by Gasteiger charge is -1.95. The van der Waals surface area contributed by atoms with Crippen LogP contribution in [0.3, 0.4) is 0 Å². The minimum Gasteiger partial charge on any atom is -0.465 e. The third-order valence-corrected chi connectivity index (χ3v) is 2.37. The van der Waals surface area contributed by atoms with Gasteiger partial charge in [-0.2, -0.15) is 0 Å². The monoisotopic (exact) mass is 204 g/mol. The van der Waals surface area contributed by atoms with Crippen molar-refractivity contribution in [3.05, 3.63) is 36.2 Å². The molecule has 2 atom stereocenters. The van der Waals surface area contributed by atoms with Crippen LogP contribution in [0.5, 0.6) is 0 Å². The Morgan fingerprint density at radius 3 is 3.20 bits per heavy atom. The molecule has 0 bridgehead atoms. The number of nitrogens with one attached hydrogen (secondary N) is 1. The molecule has 0 radical (unpaired) electrons. The number of hydrogen-bond acceptors (Lipinski definition) is 2. The van der Waals surface area contributed by atoms with Crippen molar-refractivity contribution in [1.82, 2.24) is 10.3 Å². The molecule has 1 aromatic rings. The van der Waals surface area contributed by atoms with Gasteiger partial charge in [0.2, 0.25) is 0 Å². The maximum absolute atomic E-state index is 10.3. The van der Waals surface area contributed by atoms with E-state index in [1.54, 1.807) is 12.4 Å². The van der Waals surface area contributed by atoms with Crippen LogP contribution in [0.15, 0.2) is 30.6 Å². The predicted octanol–water partition coefficient (Wildman–Crippen LogP) is 1.75. The van der Waals surface area contributed by atoms with Crippen molar-refractivity contribution in [3.63, 3.8) is 0 Å². The highest BCUT2D eigenvalue weighted by atomic mass is 16.4. The topological polar surface area (TPSA) is 62.2 Å². The summed E-state index contributed by atoms with van der Waals surface area (Å²) in [5.74, 6) is 0.335. The summed E-state index contributed by atoms with van der Waals surface area (Å²) in [6, 6.07) is 3.93. The van der Waals surface area contributed by atoms with Crippen molar-refractivity contribution < 1.29 is 9.90 Å². The summed E-state index contributed by atoms with van der Waals surface area (Å²) in [5.41, 5.74) is 1.04. The van der Waals surface area contributed by atoms with Gasteiger partial charge in [-0.05, 0) is 24.0 Å². The maximum Gasteiger partial charge on any atom is 0.404 e. The third-order valence-electron chi connectivity index (χ3n) is 2.37. The summed E-state index contributed by atoms with van der Waals surface area (Å²) in [5, 5.41) is 10.9. The largest absolute Gasteiger partial charge is 0.465 e. The molecule has 1 heterocycles. The molecule has 2 rings (SSSR count). The van der Waals surface area contributed by atoms with Crippen LogP contribution in [0.25, 0.3) is 6.08 Å². The molecule has 4 heteroatoms. The van der Waals surface area contributed by atoms with Gasteiger partial charge in [-0.15, -0.1) is 0 Å². The van der Waals surface area contributed by atoms with Crippen molar-refractivity contribution in [2.45, 2.75) is 12.5 Å². The molecule has 1 fully saturated rings. The second-order valence-corrected chi connectivity index (χ2v) is 3.60. The lowest BCUT2D eigenvalue weighted by Crippen LogP contribution is -2.24. The summed E-state index contributed by atoms with van der Waals surface area (Å²) >= 11 is 0. The summed E-state index contributed by atoms with van der Waals surface area (Å²) < 4.78 is 0. The number of amides is 1. The minimum absolute atomic E-state index is 0.0930. The number of hydrogen-bond donors (Lipinski definition) is 2. The van der Waals surface area contributed by atoms with Crippen molar-refractivity contribution in [1.29, 1.82) is 0 Å². The van der Waals surface area contributed by atoms with Gasteiger partial charge >= 0.3 is 6.09 Å². The van der Waals surface area contributed by atoms with Gasteiger partial charge in [-0.1, -0.05) is 18.2 Å². The lowest BCUT2D eigenvalue weighted by atomic mass is 10.2. The van der Waals surface area contributed by atoms with Gasteiger partial charge in [0.1, 0.15) is 0 Å². The predicted molar refractivity (Wildman–Crippen MR) is 56.3 cm³/mol. The van der Waals surface area contributed by atoms with E-state index in [0.717, 1.165) is 12.0 Å². The Balaban J connectivity index is 1.85. The molecule has 1 aromatic heterocycles. The molecule has 4 nitrogen and oxygen atoms in total. The number of aromatic nitrogens is 1. The quantitative estimate of drug-likeness (QED) is 0.788. The van der Waals surface area contributed by atoms with Crippen LogP contribution in [0.2, 0.25) is 0 Å². The van der Waals surface area contributed by atoms with E-state index in [-0.39, 0.29) is 6.04 Å². The Morgan fingerprint density at radius 1 is 1.67 bits per heavy atom. The summed E-state index contributed by atoms with van der Waals surface area (Å²) in [6.45, 7) is 0. The molecular weight excluding hydrogens is 192 g/mol.